The van der Waals surface area contributed by atoms with Crippen LogP contribution in [0.1, 0.15) is 31.4 Å². The molecule has 8 nitrogen and oxygen atoms in total. The van der Waals surface area contributed by atoms with Gasteiger partial charge in [-0.05, 0) is 44.5 Å². The quantitative estimate of drug-likeness (QED) is 0.742. The Hall–Kier alpha value is -2.87. The van der Waals surface area contributed by atoms with E-state index in [2.05, 4.69) is 37.0 Å². The van der Waals surface area contributed by atoms with Crippen LogP contribution >= 0.6 is 0 Å². The number of nitrogens with one attached hydrogen (secondary N) is 1. The smallest absolute Gasteiger partial charge is 0.223 e. The molecule has 2 aromatic rings. The topological polar surface area (TPSA) is 73.8 Å². The van der Waals surface area contributed by atoms with Crippen LogP contribution in [-0.2, 0) is 4.79 Å². The fourth-order valence-electron chi connectivity index (χ4n) is 4.49. The second-order valence-electron chi connectivity index (χ2n) is 8.79. The van der Waals surface area contributed by atoms with Crippen molar-refractivity contribution < 1.29 is 9.53 Å². The van der Waals surface area contributed by atoms with E-state index < -0.39 is 0 Å². The molecule has 4 rings (SSSR count). The van der Waals surface area contributed by atoms with Gasteiger partial charge < -0.3 is 24.8 Å². The summed E-state index contributed by atoms with van der Waals surface area (Å²) in [4.78, 5) is 28.8. The zero-order valence-electron chi connectivity index (χ0n) is 19.3. The average molecular weight is 439 g/mol. The predicted octanol–water partition coefficient (Wildman–Crippen LogP) is 2.33. The summed E-state index contributed by atoms with van der Waals surface area (Å²) < 4.78 is 5.22. The number of anilines is 2. The Bertz CT molecular complexity index is 890. The van der Waals surface area contributed by atoms with E-state index in [4.69, 9.17) is 4.74 Å². The first-order valence-electron chi connectivity index (χ1n) is 11.5. The highest BCUT2D eigenvalue weighted by molar-refractivity contribution is 5.79. The van der Waals surface area contributed by atoms with Crippen LogP contribution in [0.25, 0.3) is 0 Å². The number of carbonyl (C=O) groups is 1. The molecular weight excluding hydrogens is 404 g/mol. The Morgan fingerprint density at radius 3 is 2.41 bits per heavy atom. The molecule has 1 aromatic heterocycles. The number of carbonyl (C=O) groups excluding carboxylic acids is 1. The van der Waals surface area contributed by atoms with Crippen molar-refractivity contribution in [2.75, 3.05) is 63.2 Å². The first-order valence-corrected chi connectivity index (χ1v) is 11.5. The molecule has 8 heteroatoms. The summed E-state index contributed by atoms with van der Waals surface area (Å²) in [6, 6.07) is 7.83. The van der Waals surface area contributed by atoms with Crippen LogP contribution < -0.4 is 19.9 Å². The van der Waals surface area contributed by atoms with E-state index in [9.17, 15) is 4.79 Å². The van der Waals surface area contributed by atoms with Gasteiger partial charge in [0.2, 0.25) is 5.91 Å². The predicted molar refractivity (Wildman–Crippen MR) is 126 cm³/mol. The molecule has 1 atom stereocenters. The number of hydrogen-bond donors (Lipinski definition) is 1. The van der Waals surface area contributed by atoms with E-state index in [0.717, 1.165) is 74.9 Å². The van der Waals surface area contributed by atoms with E-state index in [0.29, 0.717) is 0 Å². The van der Waals surface area contributed by atoms with Crippen LogP contribution in [-0.4, -0.2) is 74.2 Å². The van der Waals surface area contributed by atoms with Crippen LogP contribution in [0, 0.1) is 5.92 Å². The van der Waals surface area contributed by atoms with Crippen LogP contribution in [0.5, 0.6) is 5.75 Å². The maximum absolute atomic E-state index is 12.9. The Morgan fingerprint density at radius 1 is 1.06 bits per heavy atom. The molecule has 2 fully saturated rings. The second-order valence-corrected chi connectivity index (χ2v) is 8.79. The zero-order valence-corrected chi connectivity index (χ0v) is 19.3. The molecule has 1 amide bonds. The minimum Gasteiger partial charge on any atom is -0.497 e. The summed E-state index contributed by atoms with van der Waals surface area (Å²) in [5, 5.41) is 3.19. The third kappa shape index (κ3) is 5.12. The minimum atomic E-state index is -0.0298. The second kappa shape index (κ2) is 10.2. The number of piperidine rings is 1. The number of ether oxygens (including phenoxy) is 1. The molecule has 2 saturated heterocycles. The standard InChI is InChI=1S/C24H34N6O2/c1-18(19-4-6-21(32-3)7-5-19)27-24(31)20-8-10-29(11-9-20)22-16-25-17-26-23(22)30-14-12-28(2)13-15-30/h4-7,16-18,20H,8-15H2,1-3H3,(H,27,31)/t18-/m0/s1. The summed E-state index contributed by atoms with van der Waals surface area (Å²) in [7, 11) is 3.81. The third-order valence-electron chi connectivity index (χ3n) is 6.66. The van der Waals surface area contributed by atoms with Gasteiger partial charge in [-0.1, -0.05) is 12.1 Å². The number of nitrogens with zero attached hydrogens (tertiary/aromatic N) is 5. The number of benzene rings is 1. The number of likely N-dealkylation sites (N-methyl/N-ethyl adjacent to an activating group) is 1. The maximum atomic E-state index is 12.9. The lowest BCUT2D eigenvalue weighted by Crippen LogP contribution is -2.46. The van der Waals surface area contributed by atoms with Crippen LogP contribution in [0.15, 0.2) is 36.8 Å². The molecule has 0 spiro atoms. The maximum Gasteiger partial charge on any atom is 0.223 e. The Morgan fingerprint density at radius 2 is 1.75 bits per heavy atom. The number of methoxy groups -OCH3 is 1. The first kappa shape index (κ1) is 22.3. The summed E-state index contributed by atoms with van der Waals surface area (Å²) in [5.74, 6) is 2.00. The summed E-state index contributed by atoms with van der Waals surface area (Å²) in [6.45, 7) is 7.73. The number of hydrogen-bond acceptors (Lipinski definition) is 7. The van der Waals surface area contributed by atoms with Crippen molar-refractivity contribution in [3.63, 3.8) is 0 Å². The first-order chi connectivity index (χ1) is 15.5. The lowest BCUT2D eigenvalue weighted by Gasteiger charge is -2.38. The summed E-state index contributed by atoms with van der Waals surface area (Å²) in [5.41, 5.74) is 2.16. The van der Waals surface area contributed by atoms with E-state index in [1.54, 1.807) is 13.4 Å². The summed E-state index contributed by atoms with van der Waals surface area (Å²) in [6.07, 6.45) is 5.22. The largest absolute Gasteiger partial charge is 0.497 e. The average Bonchev–Trinajstić information content (AvgIpc) is 2.84. The van der Waals surface area contributed by atoms with Gasteiger partial charge in [-0.2, -0.15) is 0 Å². The number of piperazine rings is 1. The van der Waals surface area contributed by atoms with Crippen LogP contribution in [0.4, 0.5) is 11.5 Å². The highest BCUT2D eigenvalue weighted by Crippen LogP contribution is 2.31. The molecule has 0 radical (unpaired) electrons. The molecule has 2 aliphatic rings. The van der Waals surface area contributed by atoms with E-state index >= 15 is 0 Å². The van der Waals surface area contributed by atoms with Gasteiger partial charge in [-0.25, -0.2) is 9.97 Å². The van der Waals surface area contributed by atoms with E-state index in [1.165, 1.54) is 0 Å². The lowest BCUT2D eigenvalue weighted by atomic mass is 9.95. The summed E-state index contributed by atoms with van der Waals surface area (Å²) >= 11 is 0. The number of rotatable bonds is 6. The fourth-order valence-corrected chi connectivity index (χ4v) is 4.49. The molecule has 32 heavy (non-hydrogen) atoms. The van der Waals surface area contributed by atoms with Crippen molar-refractivity contribution in [2.24, 2.45) is 5.92 Å². The van der Waals surface area contributed by atoms with Gasteiger partial charge in [0.15, 0.2) is 5.82 Å². The van der Waals surface area contributed by atoms with Crippen molar-refractivity contribution >= 4 is 17.4 Å². The van der Waals surface area contributed by atoms with E-state index in [-0.39, 0.29) is 17.9 Å². The normalized spacial score (nSPS) is 19.0. The van der Waals surface area contributed by atoms with Gasteiger partial charge in [0.25, 0.3) is 0 Å². The number of amides is 1. The SMILES string of the molecule is COc1ccc([C@H](C)NC(=O)C2CCN(c3cncnc3N3CCN(C)CC3)CC2)cc1. The molecule has 0 bridgehead atoms. The highest BCUT2D eigenvalue weighted by atomic mass is 16.5. The van der Waals surface area contributed by atoms with E-state index in [1.807, 2.05) is 37.4 Å². The van der Waals surface area contributed by atoms with Gasteiger partial charge in [0.1, 0.15) is 12.1 Å². The number of aromatic nitrogens is 2. The lowest BCUT2D eigenvalue weighted by molar-refractivity contribution is -0.126. The molecule has 0 aliphatic carbocycles. The third-order valence-corrected chi connectivity index (χ3v) is 6.66. The molecule has 3 heterocycles. The van der Waals surface area contributed by atoms with Crippen molar-refractivity contribution in [1.82, 2.24) is 20.2 Å². The van der Waals surface area contributed by atoms with Gasteiger partial charge in [0, 0.05) is 45.2 Å². The highest BCUT2D eigenvalue weighted by Gasteiger charge is 2.29. The molecule has 172 valence electrons. The Labute approximate surface area is 190 Å². The molecule has 0 unspecified atom stereocenters. The van der Waals surface area contributed by atoms with Gasteiger partial charge in [0.05, 0.1) is 25.0 Å². The fraction of sp³-hybridized carbons (Fsp3) is 0.542. The van der Waals surface area contributed by atoms with Crippen molar-refractivity contribution in [3.8, 4) is 5.75 Å². The minimum absolute atomic E-state index is 0.0298. The Kier molecular flexibility index (Phi) is 7.09. The molecule has 1 aromatic carbocycles. The molecule has 2 aliphatic heterocycles. The van der Waals surface area contributed by atoms with Gasteiger partial charge in [-0.15, -0.1) is 0 Å². The molecule has 1 N–H and O–H groups in total. The molecular formula is C24H34N6O2. The van der Waals surface area contributed by atoms with Crippen molar-refractivity contribution in [1.29, 1.82) is 0 Å². The van der Waals surface area contributed by atoms with Crippen LogP contribution in [0.2, 0.25) is 0 Å². The van der Waals surface area contributed by atoms with Crippen molar-refractivity contribution in [3.05, 3.63) is 42.4 Å². The Balaban J connectivity index is 1.33. The van der Waals surface area contributed by atoms with Crippen LogP contribution in [0.3, 0.4) is 0 Å². The van der Waals surface area contributed by atoms with Crippen molar-refractivity contribution in [2.45, 2.75) is 25.8 Å². The monoisotopic (exact) mass is 438 g/mol. The molecule has 0 saturated carbocycles. The van der Waals surface area contributed by atoms with Gasteiger partial charge >= 0.3 is 0 Å². The zero-order chi connectivity index (χ0) is 22.5. The van der Waals surface area contributed by atoms with Gasteiger partial charge in [-0.3, -0.25) is 4.79 Å².